The summed E-state index contributed by atoms with van der Waals surface area (Å²) in [4.78, 5) is 36.0. The van der Waals surface area contributed by atoms with E-state index in [0.717, 1.165) is 16.8 Å². The zero-order chi connectivity index (χ0) is 26.6. The first kappa shape index (κ1) is 29.5. The molecule has 1 aromatic carbocycles. The predicted molar refractivity (Wildman–Crippen MR) is 136 cm³/mol. The topological polar surface area (TPSA) is 70.2 Å². The van der Waals surface area contributed by atoms with Crippen molar-refractivity contribution in [1.82, 2.24) is 12.8 Å². The Labute approximate surface area is 222 Å². The van der Waals surface area contributed by atoms with Crippen molar-refractivity contribution in [3.05, 3.63) is 35.9 Å². The number of halogens is 4. The van der Waals surface area contributed by atoms with Crippen molar-refractivity contribution < 1.29 is 27.9 Å². The number of likely N-dealkylation sites (tertiary alicyclic amines) is 1. The third-order valence-electron chi connectivity index (χ3n) is 5.86. The number of carbonyl (C=O) groups is 3. The van der Waals surface area contributed by atoms with E-state index in [0.29, 0.717) is 19.5 Å². The van der Waals surface area contributed by atoms with Gasteiger partial charge in [0.05, 0.1) is 32.3 Å². The Balaban J connectivity index is 0.000000328. The first-order valence-electron chi connectivity index (χ1n) is 11.5. The van der Waals surface area contributed by atoms with Crippen LogP contribution in [0.2, 0.25) is 0 Å². The molecule has 2 fully saturated rings. The van der Waals surface area contributed by atoms with Crippen LogP contribution in [-0.4, -0.2) is 55.0 Å². The molecular weight excluding hydrogens is 592 g/mol. The minimum Gasteiger partial charge on any atom is -0.444 e. The predicted octanol–water partition coefficient (Wildman–Crippen LogP) is 6.85. The van der Waals surface area contributed by atoms with Gasteiger partial charge in [-0.25, -0.2) is 22.3 Å². The molecule has 2 aliphatic rings. The molecule has 196 valence electrons. The second-order valence-electron chi connectivity index (χ2n) is 10.2. The van der Waals surface area contributed by atoms with E-state index in [2.05, 4.69) is 32.3 Å². The summed E-state index contributed by atoms with van der Waals surface area (Å²) in [5.74, 6) is -2.83. The van der Waals surface area contributed by atoms with E-state index < -0.39 is 23.1 Å². The first-order chi connectivity index (χ1) is 16.1. The molecule has 0 N–H and O–H groups in total. The number of urea groups is 1. The number of amides is 4. The van der Waals surface area contributed by atoms with Crippen LogP contribution in [0.5, 0.6) is 0 Å². The fourth-order valence-corrected chi connectivity index (χ4v) is 4.79. The third kappa shape index (κ3) is 7.87. The average Bonchev–Trinajstić information content (AvgIpc) is 2.93. The fraction of sp³-hybridized carbons (Fsp3) is 0.625. The lowest BCUT2D eigenvalue weighted by Crippen LogP contribution is -2.41. The van der Waals surface area contributed by atoms with E-state index in [1.807, 2.05) is 20.8 Å². The highest BCUT2D eigenvalue weighted by molar-refractivity contribution is 9.08. The normalized spacial score (nSPS) is 18.9. The Morgan fingerprint density at radius 1 is 1.09 bits per heavy atom. The highest BCUT2D eigenvalue weighted by Crippen LogP contribution is 2.36. The van der Waals surface area contributed by atoms with Gasteiger partial charge in [0, 0.05) is 25.1 Å². The molecule has 3 rings (SSSR count). The lowest BCUT2D eigenvalue weighted by atomic mass is 9.89. The van der Waals surface area contributed by atoms with Gasteiger partial charge in [-0.1, -0.05) is 30.3 Å². The largest absolute Gasteiger partial charge is 0.444 e. The molecule has 7 nitrogen and oxygen atoms in total. The number of carbonyl (C=O) groups excluding carboxylic acids is 3. The Kier molecular flexibility index (Phi) is 9.72. The number of piperidine rings is 1. The van der Waals surface area contributed by atoms with E-state index in [4.69, 9.17) is 4.74 Å². The molecule has 1 aromatic rings. The maximum atomic E-state index is 14.2. The number of hydrogen-bond acceptors (Lipinski definition) is 4. The number of rotatable bonds is 4. The Hall–Kier alpha value is -1.75. The quantitative estimate of drug-likeness (QED) is 0.271. The zero-order valence-electron chi connectivity index (χ0n) is 20.7. The molecule has 2 heterocycles. The molecule has 0 radical (unpaired) electrons. The van der Waals surface area contributed by atoms with Crippen LogP contribution in [-0.2, 0) is 15.5 Å². The van der Waals surface area contributed by atoms with E-state index in [-0.39, 0.29) is 29.9 Å². The lowest BCUT2D eigenvalue weighted by Gasteiger charge is -2.34. The molecule has 0 spiro atoms. The summed E-state index contributed by atoms with van der Waals surface area (Å²) < 4.78 is 35.9. The number of hydrogen-bond donors (Lipinski definition) is 0. The Bertz CT molecular complexity index is 902. The summed E-state index contributed by atoms with van der Waals surface area (Å²) in [7, 11) is 0. The number of nitrogens with zero attached hydrogens (tertiary/aromatic N) is 3. The Morgan fingerprint density at radius 3 is 2.03 bits per heavy atom. The van der Waals surface area contributed by atoms with Crippen molar-refractivity contribution >= 4 is 50.3 Å². The summed E-state index contributed by atoms with van der Waals surface area (Å²) in [5, 5.41) is 0. The minimum absolute atomic E-state index is 0.0798. The molecule has 0 aromatic heterocycles. The van der Waals surface area contributed by atoms with E-state index in [1.165, 1.54) is 16.1 Å². The Morgan fingerprint density at radius 2 is 1.63 bits per heavy atom. The lowest BCUT2D eigenvalue weighted by molar-refractivity contribution is -0.127. The van der Waals surface area contributed by atoms with Gasteiger partial charge in [0.1, 0.15) is 11.1 Å². The van der Waals surface area contributed by atoms with Crippen LogP contribution in [0.25, 0.3) is 0 Å². The van der Waals surface area contributed by atoms with Crippen molar-refractivity contribution in [1.29, 1.82) is 0 Å². The molecule has 0 saturated carbocycles. The van der Waals surface area contributed by atoms with Crippen molar-refractivity contribution in [3.8, 4) is 0 Å². The van der Waals surface area contributed by atoms with Crippen LogP contribution in [0.4, 0.5) is 18.4 Å². The standard InChI is InChI=1S/C19H27F2NO2.C5H6Br2N2O2/c1-18(2,3)24-17(23)22-13-10-15(11-14-22)9-12-19(20,21)16-7-5-4-6-8-16;1-5(2)3(10)8(6)4(11)9(5)7/h4-8,15H,9-14H2,1-3H3;1-2H3. The second kappa shape index (κ2) is 11.5. The van der Waals surface area contributed by atoms with Gasteiger partial charge >= 0.3 is 12.1 Å². The van der Waals surface area contributed by atoms with Gasteiger partial charge in [0.25, 0.3) is 11.8 Å². The van der Waals surface area contributed by atoms with E-state index in [1.54, 1.807) is 36.9 Å². The van der Waals surface area contributed by atoms with Gasteiger partial charge < -0.3 is 9.64 Å². The highest BCUT2D eigenvalue weighted by Gasteiger charge is 2.50. The number of imide groups is 1. The summed E-state index contributed by atoms with van der Waals surface area (Å²) in [5.41, 5.74) is -1.23. The molecule has 4 amide bonds. The van der Waals surface area contributed by atoms with E-state index >= 15 is 0 Å². The summed E-state index contributed by atoms with van der Waals surface area (Å²) >= 11 is 5.84. The highest BCUT2D eigenvalue weighted by atomic mass is 79.9. The number of alkyl halides is 2. The van der Waals surface area contributed by atoms with Gasteiger partial charge in [-0.05, 0) is 59.8 Å². The van der Waals surface area contributed by atoms with Crippen LogP contribution >= 0.6 is 32.3 Å². The molecule has 0 unspecified atom stereocenters. The smallest absolute Gasteiger partial charge is 0.410 e. The molecular formula is C24H33Br2F2N3O4. The third-order valence-corrected chi connectivity index (χ3v) is 7.67. The van der Waals surface area contributed by atoms with Crippen LogP contribution in [0, 0.1) is 5.92 Å². The molecule has 35 heavy (non-hydrogen) atoms. The van der Waals surface area contributed by atoms with Gasteiger partial charge in [-0.3, -0.25) is 4.79 Å². The van der Waals surface area contributed by atoms with Crippen molar-refractivity contribution in [2.75, 3.05) is 13.1 Å². The maximum absolute atomic E-state index is 14.2. The summed E-state index contributed by atoms with van der Waals surface area (Å²) in [6.07, 6.45) is 1.53. The van der Waals surface area contributed by atoms with Crippen LogP contribution in [0.15, 0.2) is 30.3 Å². The van der Waals surface area contributed by atoms with Crippen molar-refractivity contribution in [2.45, 2.75) is 77.4 Å². The molecule has 2 aliphatic heterocycles. The van der Waals surface area contributed by atoms with Gasteiger partial charge in [0.15, 0.2) is 0 Å². The van der Waals surface area contributed by atoms with Gasteiger partial charge in [0.2, 0.25) is 0 Å². The maximum Gasteiger partial charge on any atom is 0.410 e. The molecule has 11 heteroatoms. The SMILES string of the molecule is CC(C)(C)OC(=O)N1CCC(CCC(F)(F)c2ccccc2)CC1.CC1(C)C(=O)N(Br)C(=O)N1Br. The average molecular weight is 625 g/mol. The van der Waals surface area contributed by atoms with Crippen molar-refractivity contribution in [3.63, 3.8) is 0 Å². The number of ether oxygens (including phenoxy) is 1. The second-order valence-corrected chi connectivity index (χ2v) is 11.6. The van der Waals surface area contributed by atoms with Gasteiger partial charge in [-0.2, -0.15) is 3.93 Å². The molecule has 0 atom stereocenters. The summed E-state index contributed by atoms with van der Waals surface area (Å²) in [6, 6.07) is 7.58. The molecule has 0 aliphatic carbocycles. The van der Waals surface area contributed by atoms with Crippen LogP contribution in [0.1, 0.15) is 65.9 Å². The minimum atomic E-state index is -2.79. The van der Waals surface area contributed by atoms with Gasteiger partial charge in [-0.15, -0.1) is 0 Å². The van der Waals surface area contributed by atoms with Crippen LogP contribution < -0.4 is 0 Å². The van der Waals surface area contributed by atoms with Crippen molar-refractivity contribution in [2.24, 2.45) is 5.92 Å². The fourth-order valence-electron chi connectivity index (χ4n) is 3.67. The molecule has 2 saturated heterocycles. The molecule has 0 bridgehead atoms. The first-order valence-corrected chi connectivity index (χ1v) is 12.9. The van der Waals surface area contributed by atoms with Crippen LogP contribution in [0.3, 0.4) is 0 Å². The van der Waals surface area contributed by atoms with E-state index in [9.17, 15) is 23.2 Å². The summed E-state index contributed by atoms with van der Waals surface area (Å²) in [6.45, 7) is 9.98. The zero-order valence-corrected chi connectivity index (χ0v) is 23.9. The number of benzene rings is 1. The monoisotopic (exact) mass is 623 g/mol.